The van der Waals surface area contributed by atoms with Crippen LogP contribution in [-0.2, 0) is 17.6 Å². The number of ether oxygens (including phenoxy) is 2. The molecule has 1 aliphatic rings. The van der Waals surface area contributed by atoms with Gasteiger partial charge in [-0.05, 0) is 61.1 Å². The molecule has 1 N–H and O–H groups in total. The summed E-state index contributed by atoms with van der Waals surface area (Å²) in [7, 11) is 0. The fourth-order valence-electron chi connectivity index (χ4n) is 2.88. The highest BCUT2D eigenvalue weighted by atomic mass is 16.5. The van der Waals surface area contributed by atoms with Crippen LogP contribution < -0.4 is 14.8 Å². The summed E-state index contributed by atoms with van der Waals surface area (Å²) in [5.41, 5.74) is 2.77. The van der Waals surface area contributed by atoms with E-state index in [1.54, 1.807) is 0 Å². The average molecular weight is 325 g/mol. The molecule has 0 saturated heterocycles. The van der Waals surface area contributed by atoms with Gasteiger partial charge in [-0.25, -0.2) is 0 Å². The lowest BCUT2D eigenvalue weighted by Crippen LogP contribution is -2.32. The predicted octanol–water partition coefficient (Wildman–Crippen LogP) is 3.14. The van der Waals surface area contributed by atoms with E-state index in [1.807, 2.05) is 36.4 Å². The third-order valence-electron chi connectivity index (χ3n) is 4.13. The van der Waals surface area contributed by atoms with Gasteiger partial charge in [0, 0.05) is 0 Å². The van der Waals surface area contributed by atoms with Crippen LogP contribution in [0.3, 0.4) is 0 Å². The number of aryl methyl sites for hydroxylation is 2. The Kier molecular flexibility index (Phi) is 5.72. The summed E-state index contributed by atoms with van der Waals surface area (Å²) in [5.74, 6) is 1.44. The zero-order valence-electron chi connectivity index (χ0n) is 13.8. The van der Waals surface area contributed by atoms with E-state index in [2.05, 4.69) is 17.4 Å². The van der Waals surface area contributed by atoms with E-state index in [0.29, 0.717) is 13.2 Å². The number of benzene rings is 2. The van der Waals surface area contributed by atoms with Crippen LogP contribution >= 0.6 is 0 Å². The van der Waals surface area contributed by atoms with Gasteiger partial charge in [0.15, 0.2) is 6.61 Å². The molecule has 4 heteroatoms. The van der Waals surface area contributed by atoms with Gasteiger partial charge in [-0.15, -0.1) is 0 Å². The van der Waals surface area contributed by atoms with Gasteiger partial charge < -0.3 is 14.8 Å². The van der Waals surface area contributed by atoms with Crippen molar-refractivity contribution in [2.45, 2.75) is 25.7 Å². The molecule has 3 rings (SSSR count). The molecular weight excluding hydrogens is 302 g/mol. The minimum atomic E-state index is -0.135. The first-order chi connectivity index (χ1) is 11.8. The van der Waals surface area contributed by atoms with E-state index < -0.39 is 0 Å². The highest BCUT2D eigenvalue weighted by molar-refractivity contribution is 5.77. The first kappa shape index (κ1) is 16.4. The van der Waals surface area contributed by atoms with E-state index in [0.717, 1.165) is 24.3 Å². The first-order valence-corrected chi connectivity index (χ1v) is 8.50. The number of carbonyl (C=O) groups is 1. The minimum absolute atomic E-state index is 0.0319. The summed E-state index contributed by atoms with van der Waals surface area (Å²) in [5, 5.41) is 2.80. The number of nitrogens with one attached hydrogen (secondary N) is 1. The Balaban J connectivity index is 1.36. The molecule has 0 aromatic heterocycles. The number of hydrogen-bond acceptors (Lipinski definition) is 3. The van der Waals surface area contributed by atoms with E-state index in [-0.39, 0.29) is 12.5 Å². The van der Waals surface area contributed by atoms with Gasteiger partial charge in [0.05, 0.1) is 6.54 Å². The summed E-state index contributed by atoms with van der Waals surface area (Å²) in [4.78, 5) is 11.8. The lowest BCUT2D eigenvalue weighted by molar-refractivity contribution is -0.123. The van der Waals surface area contributed by atoms with Gasteiger partial charge in [0.25, 0.3) is 5.91 Å². The molecule has 0 atom stereocenters. The van der Waals surface area contributed by atoms with Crippen LogP contribution in [0.5, 0.6) is 11.5 Å². The summed E-state index contributed by atoms with van der Waals surface area (Å²) in [6.07, 6.45) is 4.76. The maximum atomic E-state index is 11.8. The van der Waals surface area contributed by atoms with E-state index >= 15 is 0 Å². The zero-order valence-corrected chi connectivity index (χ0v) is 13.8. The second-order valence-corrected chi connectivity index (χ2v) is 5.94. The van der Waals surface area contributed by atoms with Gasteiger partial charge in [-0.2, -0.15) is 0 Å². The predicted molar refractivity (Wildman–Crippen MR) is 93.5 cm³/mol. The van der Waals surface area contributed by atoms with E-state index in [4.69, 9.17) is 9.47 Å². The molecule has 4 nitrogen and oxygen atoms in total. The largest absolute Gasteiger partial charge is 0.492 e. The Morgan fingerprint density at radius 1 is 0.917 bits per heavy atom. The van der Waals surface area contributed by atoms with Gasteiger partial charge in [-0.3, -0.25) is 4.79 Å². The molecular formula is C20H23NO3. The van der Waals surface area contributed by atoms with Crippen molar-refractivity contribution < 1.29 is 14.3 Å². The van der Waals surface area contributed by atoms with Crippen LogP contribution in [0.25, 0.3) is 0 Å². The Hall–Kier alpha value is -2.49. The number of hydrogen-bond donors (Lipinski definition) is 1. The highest BCUT2D eigenvalue weighted by Crippen LogP contribution is 2.25. The molecule has 0 saturated carbocycles. The van der Waals surface area contributed by atoms with Crippen LogP contribution in [0.1, 0.15) is 24.0 Å². The van der Waals surface area contributed by atoms with Crippen LogP contribution in [0.2, 0.25) is 0 Å². The lowest BCUT2D eigenvalue weighted by Gasteiger charge is -2.16. The Labute approximate surface area is 142 Å². The molecule has 0 bridgehead atoms. The molecule has 2 aromatic carbocycles. The third kappa shape index (κ3) is 4.75. The van der Waals surface area contributed by atoms with Crippen molar-refractivity contribution in [1.82, 2.24) is 5.32 Å². The average Bonchev–Trinajstić information content (AvgIpc) is 2.64. The van der Waals surface area contributed by atoms with Crippen molar-refractivity contribution in [2.75, 3.05) is 19.8 Å². The molecule has 1 amide bonds. The maximum absolute atomic E-state index is 11.8. The SMILES string of the molecule is O=C(COc1ccc2c(c1)CCCC2)NCCOc1ccccc1. The minimum Gasteiger partial charge on any atom is -0.492 e. The van der Waals surface area contributed by atoms with Crippen LogP contribution in [0, 0.1) is 0 Å². The molecule has 1 aliphatic carbocycles. The molecule has 0 radical (unpaired) electrons. The maximum Gasteiger partial charge on any atom is 0.258 e. The van der Waals surface area contributed by atoms with Crippen LogP contribution in [-0.4, -0.2) is 25.7 Å². The lowest BCUT2D eigenvalue weighted by atomic mass is 9.92. The van der Waals surface area contributed by atoms with Gasteiger partial charge in [0.1, 0.15) is 18.1 Å². The highest BCUT2D eigenvalue weighted by Gasteiger charge is 2.10. The third-order valence-corrected chi connectivity index (χ3v) is 4.13. The number of carbonyl (C=O) groups excluding carboxylic acids is 1. The molecule has 24 heavy (non-hydrogen) atoms. The molecule has 0 heterocycles. The number of fused-ring (bicyclic) bond motifs is 1. The molecule has 0 unspecified atom stereocenters. The fraction of sp³-hybridized carbons (Fsp3) is 0.350. The molecule has 0 spiro atoms. The van der Waals surface area contributed by atoms with Crippen molar-refractivity contribution in [3.8, 4) is 11.5 Å². The van der Waals surface area contributed by atoms with Crippen LogP contribution in [0.15, 0.2) is 48.5 Å². The molecule has 2 aromatic rings. The number of amides is 1. The Bertz CT molecular complexity index is 670. The van der Waals surface area contributed by atoms with Gasteiger partial charge in [-0.1, -0.05) is 24.3 Å². The zero-order chi connectivity index (χ0) is 16.6. The second-order valence-electron chi connectivity index (χ2n) is 5.94. The van der Waals surface area contributed by atoms with Crippen molar-refractivity contribution >= 4 is 5.91 Å². The van der Waals surface area contributed by atoms with E-state index in [1.165, 1.54) is 24.0 Å². The van der Waals surface area contributed by atoms with Crippen molar-refractivity contribution in [2.24, 2.45) is 0 Å². The fourth-order valence-corrected chi connectivity index (χ4v) is 2.88. The second kappa shape index (κ2) is 8.39. The first-order valence-electron chi connectivity index (χ1n) is 8.50. The molecule has 0 aliphatic heterocycles. The molecule has 0 fully saturated rings. The topological polar surface area (TPSA) is 47.6 Å². The van der Waals surface area contributed by atoms with E-state index in [9.17, 15) is 4.79 Å². The van der Waals surface area contributed by atoms with Gasteiger partial charge in [0.2, 0.25) is 0 Å². The van der Waals surface area contributed by atoms with Crippen molar-refractivity contribution in [3.05, 3.63) is 59.7 Å². The summed E-state index contributed by atoms with van der Waals surface area (Å²) in [6, 6.07) is 15.7. The van der Waals surface area contributed by atoms with Crippen molar-refractivity contribution in [3.63, 3.8) is 0 Å². The van der Waals surface area contributed by atoms with Crippen LogP contribution in [0.4, 0.5) is 0 Å². The summed E-state index contributed by atoms with van der Waals surface area (Å²) >= 11 is 0. The summed E-state index contributed by atoms with van der Waals surface area (Å²) < 4.78 is 11.1. The van der Waals surface area contributed by atoms with Crippen molar-refractivity contribution in [1.29, 1.82) is 0 Å². The molecule has 126 valence electrons. The normalized spacial score (nSPS) is 13.0. The Morgan fingerprint density at radius 3 is 2.54 bits per heavy atom. The number of para-hydroxylation sites is 1. The monoisotopic (exact) mass is 325 g/mol. The Morgan fingerprint density at radius 2 is 1.71 bits per heavy atom. The standard InChI is InChI=1S/C20H23NO3/c22-20(21-12-13-23-18-8-2-1-3-9-18)15-24-19-11-10-16-6-4-5-7-17(16)14-19/h1-3,8-11,14H,4-7,12-13,15H2,(H,21,22). The quantitative estimate of drug-likeness (QED) is 0.796. The smallest absolute Gasteiger partial charge is 0.258 e. The summed E-state index contributed by atoms with van der Waals surface area (Å²) in [6.45, 7) is 0.931. The van der Waals surface area contributed by atoms with Gasteiger partial charge >= 0.3 is 0 Å². The number of rotatable bonds is 7.